The van der Waals surface area contributed by atoms with Crippen LogP contribution >= 0.6 is 0 Å². The van der Waals surface area contributed by atoms with Crippen molar-refractivity contribution in [3.05, 3.63) is 53.3 Å². The monoisotopic (exact) mass is 445 g/mol. The molecule has 1 aromatic carbocycles. The van der Waals surface area contributed by atoms with Crippen molar-refractivity contribution in [1.82, 2.24) is 13.8 Å². The van der Waals surface area contributed by atoms with Gasteiger partial charge in [-0.3, -0.25) is 4.79 Å². The summed E-state index contributed by atoms with van der Waals surface area (Å²) in [7, 11) is -2.32. The summed E-state index contributed by atoms with van der Waals surface area (Å²) >= 11 is 0. The molecule has 0 spiro atoms. The zero-order chi connectivity index (χ0) is 22.2. The molecule has 0 aliphatic carbocycles. The van der Waals surface area contributed by atoms with Crippen LogP contribution in [0.4, 0.5) is 0 Å². The van der Waals surface area contributed by atoms with Gasteiger partial charge in [0.25, 0.3) is 0 Å². The van der Waals surface area contributed by atoms with Crippen molar-refractivity contribution in [2.45, 2.75) is 43.7 Å². The number of rotatable bonds is 5. The summed E-state index contributed by atoms with van der Waals surface area (Å²) in [4.78, 5) is 27.2. The summed E-state index contributed by atoms with van der Waals surface area (Å²) in [5.41, 5.74) is 2.50. The number of fused-ring (bicyclic) bond motifs is 1. The summed E-state index contributed by atoms with van der Waals surface area (Å²) in [5.74, 6) is -0.732. The van der Waals surface area contributed by atoms with Crippen molar-refractivity contribution >= 4 is 21.9 Å². The molecule has 166 valence electrons. The van der Waals surface area contributed by atoms with E-state index in [1.807, 2.05) is 18.2 Å². The average Bonchev–Trinajstić information content (AvgIpc) is 3.41. The number of amides is 1. The second kappa shape index (κ2) is 8.47. The third-order valence-corrected chi connectivity index (χ3v) is 7.88. The van der Waals surface area contributed by atoms with E-state index in [-0.39, 0.29) is 29.6 Å². The molecule has 0 N–H and O–H groups in total. The van der Waals surface area contributed by atoms with Crippen LogP contribution < -0.4 is 0 Å². The number of ether oxygens (including phenoxy) is 1. The second-order valence-electron chi connectivity index (χ2n) is 7.94. The lowest BCUT2D eigenvalue weighted by molar-refractivity contribution is -0.135. The number of esters is 1. The molecule has 9 heteroatoms. The van der Waals surface area contributed by atoms with Crippen molar-refractivity contribution < 1.29 is 22.7 Å². The van der Waals surface area contributed by atoms with Crippen LogP contribution in [-0.2, 0) is 39.6 Å². The smallest absolute Gasteiger partial charge is 0.354 e. The number of nitrogens with zero attached hydrogens (tertiary/aromatic N) is 3. The molecule has 2 aromatic rings. The number of hydrogen-bond donors (Lipinski definition) is 0. The normalized spacial score (nSPS) is 19.3. The van der Waals surface area contributed by atoms with Crippen LogP contribution in [0.3, 0.4) is 0 Å². The minimum absolute atomic E-state index is 0.00161. The predicted octanol–water partition coefficient (Wildman–Crippen LogP) is 1.94. The molecule has 3 heterocycles. The molecule has 8 nitrogen and oxygen atoms in total. The first kappa shape index (κ1) is 21.6. The fourth-order valence-corrected chi connectivity index (χ4v) is 6.11. The first-order valence-corrected chi connectivity index (χ1v) is 12.0. The number of carbonyl (C=O) groups is 2. The molecule has 1 saturated heterocycles. The first-order chi connectivity index (χ1) is 14.8. The Morgan fingerprint density at radius 1 is 1.16 bits per heavy atom. The molecule has 4 rings (SSSR count). The van der Waals surface area contributed by atoms with Crippen LogP contribution in [0.25, 0.3) is 0 Å². The summed E-state index contributed by atoms with van der Waals surface area (Å²) in [5, 5.41) is 0. The lowest BCUT2D eigenvalue weighted by Gasteiger charge is -2.33. The van der Waals surface area contributed by atoms with Gasteiger partial charge in [-0.2, -0.15) is 4.31 Å². The molecule has 2 aliphatic rings. The summed E-state index contributed by atoms with van der Waals surface area (Å²) < 4.78 is 34.5. The Labute approximate surface area is 182 Å². The maximum atomic E-state index is 13.4. The quantitative estimate of drug-likeness (QED) is 0.657. The fraction of sp³-hybridized carbons (Fsp3) is 0.455. The van der Waals surface area contributed by atoms with Crippen LogP contribution in [0.5, 0.6) is 0 Å². The van der Waals surface area contributed by atoms with E-state index in [1.54, 1.807) is 18.9 Å². The first-order valence-electron chi connectivity index (χ1n) is 10.5. The Bertz CT molecular complexity index is 1110. The lowest BCUT2D eigenvalue weighted by Crippen LogP contribution is -2.48. The molecule has 1 fully saturated rings. The standard InChI is InChI=1S/C22H27N3O5S/c1-3-30-22(27)20-13-18(15-23(20)2)31(28,29)25-11-6-9-19(25)21(26)24-12-10-16-7-4-5-8-17(16)14-24/h4-5,7-8,13,15,19H,3,6,9-12,14H2,1-2H3/t19-/m1/s1. The number of aryl methyl sites for hydroxylation is 1. The summed E-state index contributed by atoms with van der Waals surface area (Å²) in [6, 6.07) is 8.63. The van der Waals surface area contributed by atoms with Gasteiger partial charge in [0.15, 0.2) is 0 Å². The largest absolute Gasteiger partial charge is 0.461 e. The average molecular weight is 446 g/mol. The Morgan fingerprint density at radius 2 is 1.90 bits per heavy atom. The number of carbonyl (C=O) groups excluding carboxylic acids is 2. The van der Waals surface area contributed by atoms with E-state index in [9.17, 15) is 18.0 Å². The van der Waals surface area contributed by atoms with E-state index in [1.165, 1.54) is 26.7 Å². The highest BCUT2D eigenvalue weighted by Gasteiger charge is 2.42. The highest BCUT2D eigenvalue weighted by molar-refractivity contribution is 7.89. The maximum Gasteiger partial charge on any atom is 0.354 e. The van der Waals surface area contributed by atoms with E-state index in [4.69, 9.17) is 4.74 Å². The van der Waals surface area contributed by atoms with Gasteiger partial charge in [0.1, 0.15) is 16.6 Å². The second-order valence-corrected chi connectivity index (χ2v) is 9.84. The molecular weight excluding hydrogens is 418 g/mol. The van der Waals surface area contributed by atoms with Crippen molar-refractivity contribution in [1.29, 1.82) is 0 Å². The zero-order valence-electron chi connectivity index (χ0n) is 17.8. The minimum atomic E-state index is -3.92. The fourth-order valence-electron chi connectivity index (χ4n) is 4.39. The molecule has 31 heavy (non-hydrogen) atoms. The van der Waals surface area contributed by atoms with Gasteiger partial charge in [-0.25, -0.2) is 13.2 Å². The van der Waals surface area contributed by atoms with Crippen LogP contribution in [0, 0.1) is 0 Å². The van der Waals surface area contributed by atoms with E-state index in [2.05, 4.69) is 6.07 Å². The maximum absolute atomic E-state index is 13.4. The zero-order valence-corrected chi connectivity index (χ0v) is 18.6. The van der Waals surface area contributed by atoms with Crippen molar-refractivity contribution in [2.75, 3.05) is 19.7 Å². The molecule has 0 saturated carbocycles. The van der Waals surface area contributed by atoms with Crippen LogP contribution in [0.1, 0.15) is 41.4 Å². The van der Waals surface area contributed by atoms with Crippen molar-refractivity contribution in [2.24, 2.45) is 7.05 Å². The van der Waals surface area contributed by atoms with Crippen molar-refractivity contribution in [3.63, 3.8) is 0 Å². The SMILES string of the molecule is CCOC(=O)c1cc(S(=O)(=O)N2CCC[C@@H]2C(=O)N2CCc3ccccc3C2)cn1C. The molecular formula is C22H27N3O5S. The predicted molar refractivity (Wildman–Crippen MR) is 114 cm³/mol. The van der Waals surface area contributed by atoms with Gasteiger partial charge in [0, 0.05) is 32.9 Å². The molecule has 0 radical (unpaired) electrons. The van der Waals surface area contributed by atoms with Gasteiger partial charge in [0.05, 0.1) is 6.61 Å². The van der Waals surface area contributed by atoms with Gasteiger partial charge in [-0.05, 0) is 43.4 Å². The Morgan fingerprint density at radius 3 is 2.65 bits per heavy atom. The van der Waals surface area contributed by atoms with Gasteiger partial charge in [0.2, 0.25) is 15.9 Å². The van der Waals surface area contributed by atoms with Gasteiger partial charge < -0.3 is 14.2 Å². The van der Waals surface area contributed by atoms with Crippen molar-refractivity contribution in [3.8, 4) is 0 Å². The third kappa shape index (κ3) is 3.99. The van der Waals surface area contributed by atoms with Gasteiger partial charge in [-0.1, -0.05) is 24.3 Å². The topological polar surface area (TPSA) is 88.9 Å². The Hall–Kier alpha value is -2.65. The Kier molecular flexibility index (Phi) is 5.90. The number of sulfonamides is 1. The molecule has 1 atom stereocenters. The van der Waals surface area contributed by atoms with Crippen LogP contribution in [0.2, 0.25) is 0 Å². The molecule has 2 aliphatic heterocycles. The number of benzene rings is 1. The molecule has 1 aromatic heterocycles. The van der Waals surface area contributed by atoms with Crippen LogP contribution in [-0.4, -0.2) is 59.8 Å². The highest BCUT2D eigenvalue weighted by atomic mass is 32.2. The molecule has 0 unspecified atom stereocenters. The van der Waals surface area contributed by atoms with Gasteiger partial charge >= 0.3 is 5.97 Å². The highest BCUT2D eigenvalue weighted by Crippen LogP contribution is 2.30. The minimum Gasteiger partial charge on any atom is -0.461 e. The van der Waals surface area contributed by atoms with E-state index < -0.39 is 22.0 Å². The van der Waals surface area contributed by atoms with E-state index in [0.717, 1.165) is 12.0 Å². The molecule has 0 bridgehead atoms. The third-order valence-electron chi connectivity index (χ3n) is 6.00. The van der Waals surface area contributed by atoms with Crippen LogP contribution in [0.15, 0.2) is 41.4 Å². The van der Waals surface area contributed by atoms with E-state index >= 15 is 0 Å². The van der Waals surface area contributed by atoms with E-state index in [0.29, 0.717) is 25.9 Å². The summed E-state index contributed by atoms with van der Waals surface area (Å²) in [6.45, 7) is 3.26. The number of aromatic nitrogens is 1. The number of hydrogen-bond acceptors (Lipinski definition) is 5. The Balaban J connectivity index is 1.56. The lowest BCUT2D eigenvalue weighted by atomic mass is 9.99. The van der Waals surface area contributed by atoms with Gasteiger partial charge in [-0.15, -0.1) is 0 Å². The molecule has 1 amide bonds. The summed E-state index contributed by atoms with van der Waals surface area (Å²) in [6.07, 6.45) is 3.28.